The number of benzene rings is 2. The number of likely N-dealkylation sites (tertiary alicyclic amines) is 1. The summed E-state index contributed by atoms with van der Waals surface area (Å²) in [7, 11) is 0. The quantitative estimate of drug-likeness (QED) is 0.595. The van der Waals surface area contributed by atoms with Gasteiger partial charge >= 0.3 is 12.1 Å². The molecule has 0 saturated carbocycles. The minimum atomic E-state index is -1.91. The third-order valence-electron chi connectivity index (χ3n) is 6.64. The second-order valence-electron chi connectivity index (χ2n) is 8.66. The first-order chi connectivity index (χ1) is 15.8. The predicted molar refractivity (Wildman–Crippen MR) is 121 cm³/mol. The molecular formula is C25H28N2O6. The summed E-state index contributed by atoms with van der Waals surface area (Å²) < 4.78 is 5.51. The molecule has 2 unspecified atom stereocenters. The summed E-state index contributed by atoms with van der Waals surface area (Å²) in [6.07, 6.45) is -0.152. The Kier molecular flexibility index (Phi) is 6.37. The number of β-amino-alcohol motifs (C(OH)–C–C–N with tert-alkyl or cyclic N) is 1. The number of amides is 2. The Balaban J connectivity index is 1.32. The lowest BCUT2D eigenvalue weighted by atomic mass is 9.98. The van der Waals surface area contributed by atoms with Gasteiger partial charge in [-0.15, -0.1) is 0 Å². The van der Waals surface area contributed by atoms with E-state index in [1.807, 2.05) is 43.3 Å². The predicted octanol–water partition coefficient (Wildman–Crippen LogP) is 2.60. The summed E-state index contributed by atoms with van der Waals surface area (Å²) in [5.74, 6) is -2.19. The van der Waals surface area contributed by atoms with E-state index in [2.05, 4.69) is 17.4 Å². The summed E-state index contributed by atoms with van der Waals surface area (Å²) in [6.45, 7) is 2.00. The van der Waals surface area contributed by atoms with E-state index in [4.69, 9.17) is 9.84 Å². The van der Waals surface area contributed by atoms with Gasteiger partial charge in [0, 0.05) is 25.4 Å². The number of nitrogens with zero attached hydrogens (tertiary/aromatic N) is 1. The zero-order valence-corrected chi connectivity index (χ0v) is 18.5. The third-order valence-corrected chi connectivity index (χ3v) is 6.64. The topological polar surface area (TPSA) is 116 Å². The number of rotatable bonds is 7. The lowest BCUT2D eigenvalue weighted by Gasteiger charge is -2.24. The van der Waals surface area contributed by atoms with Gasteiger partial charge in [0.15, 0.2) is 5.60 Å². The van der Waals surface area contributed by atoms with Crippen molar-refractivity contribution in [3.63, 3.8) is 0 Å². The van der Waals surface area contributed by atoms with Crippen molar-refractivity contribution in [3.05, 3.63) is 59.7 Å². The molecule has 2 atom stereocenters. The molecule has 2 aromatic carbocycles. The Morgan fingerprint density at radius 3 is 2.27 bits per heavy atom. The average molecular weight is 453 g/mol. The Bertz CT molecular complexity index is 1020. The van der Waals surface area contributed by atoms with Crippen LogP contribution in [0.5, 0.6) is 0 Å². The smallest absolute Gasteiger partial charge is 0.407 e. The maximum absolute atomic E-state index is 12.8. The summed E-state index contributed by atoms with van der Waals surface area (Å²) in [6, 6.07) is 16.1. The fraction of sp³-hybridized carbons (Fsp3) is 0.400. The van der Waals surface area contributed by atoms with Gasteiger partial charge in [-0.05, 0) is 28.7 Å². The van der Waals surface area contributed by atoms with Gasteiger partial charge in [-0.2, -0.15) is 0 Å². The molecule has 3 N–H and O–H groups in total. The number of carboxylic acids is 1. The molecule has 0 radical (unpaired) electrons. The van der Waals surface area contributed by atoms with Crippen molar-refractivity contribution in [2.45, 2.75) is 31.3 Å². The summed E-state index contributed by atoms with van der Waals surface area (Å²) >= 11 is 0. The van der Waals surface area contributed by atoms with Gasteiger partial charge in [-0.1, -0.05) is 55.5 Å². The third kappa shape index (κ3) is 4.43. The van der Waals surface area contributed by atoms with Crippen LogP contribution in [0, 0.1) is 5.92 Å². The Hall–Kier alpha value is -3.39. The number of hydrogen-bond acceptors (Lipinski definition) is 5. The first-order valence-corrected chi connectivity index (χ1v) is 11.2. The van der Waals surface area contributed by atoms with Gasteiger partial charge in [-0.3, -0.25) is 4.79 Å². The van der Waals surface area contributed by atoms with Crippen LogP contribution < -0.4 is 5.32 Å². The molecule has 2 amide bonds. The van der Waals surface area contributed by atoms with Crippen molar-refractivity contribution in [3.8, 4) is 11.1 Å². The van der Waals surface area contributed by atoms with Gasteiger partial charge < -0.3 is 25.2 Å². The Morgan fingerprint density at radius 2 is 1.73 bits per heavy atom. The van der Waals surface area contributed by atoms with E-state index in [0.717, 1.165) is 22.3 Å². The van der Waals surface area contributed by atoms with Crippen molar-refractivity contribution in [1.29, 1.82) is 0 Å². The van der Waals surface area contributed by atoms with Crippen LogP contribution in [0.4, 0.5) is 4.79 Å². The molecular weight excluding hydrogens is 424 g/mol. The number of aliphatic carboxylic acids is 1. The number of carboxylic acid groups (broad SMARTS) is 1. The zero-order valence-electron chi connectivity index (χ0n) is 18.5. The summed E-state index contributed by atoms with van der Waals surface area (Å²) in [5, 5.41) is 21.9. The summed E-state index contributed by atoms with van der Waals surface area (Å²) in [4.78, 5) is 37.7. The van der Waals surface area contributed by atoms with Crippen LogP contribution in [0.3, 0.4) is 0 Å². The van der Waals surface area contributed by atoms with Gasteiger partial charge in [0.2, 0.25) is 5.91 Å². The maximum Gasteiger partial charge on any atom is 0.407 e. The largest absolute Gasteiger partial charge is 0.479 e. The van der Waals surface area contributed by atoms with E-state index in [0.29, 0.717) is 6.42 Å². The number of alkyl carbamates (subject to hydrolysis) is 1. The fourth-order valence-electron chi connectivity index (χ4n) is 4.68. The molecule has 0 aromatic heterocycles. The Morgan fingerprint density at radius 1 is 1.12 bits per heavy atom. The van der Waals surface area contributed by atoms with E-state index in [9.17, 15) is 19.5 Å². The number of ether oxygens (including phenoxy) is 1. The van der Waals surface area contributed by atoms with Gasteiger partial charge in [0.25, 0.3) is 0 Å². The molecule has 1 fully saturated rings. The average Bonchev–Trinajstić information content (AvgIpc) is 3.37. The lowest BCUT2D eigenvalue weighted by Crippen LogP contribution is -2.45. The van der Waals surface area contributed by atoms with Crippen LogP contribution in [0.15, 0.2) is 48.5 Å². The molecule has 4 rings (SSSR count). The minimum Gasteiger partial charge on any atom is -0.479 e. The second kappa shape index (κ2) is 9.23. The van der Waals surface area contributed by atoms with Crippen LogP contribution in [-0.2, 0) is 14.3 Å². The molecule has 174 valence electrons. The molecule has 33 heavy (non-hydrogen) atoms. The SMILES string of the molecule is CCC(CNC(=O)OCC1c2ccccc2-c2ccccc21)C(=O)N1CCC(O)(C(=O)O)C1. The number of carbonyl (C=O) groups excluding carboxylic acids is 2. The highest BCUT2D eigenvalue weighted by molar-refractivity contribution is 5.84. The number of aliphatic hydroxyl groups is 1. The monoisotopic (exact) mass is 452 g/mol. The van der Waals surface area contributed by atoms with Gasteiger partial charge in [0.1, 0.15) is 6.61 Å². The highest BCUT2D eigenvalue weighted by Crippen LogP contribution is 2.44. The first kappa shape index (κ1) is 22.8. The van der Waals surface area contributed by atoms with E-state index < -0.39 is 23.6 Å². The van der Waals surface area contributed by atoms with Crippen molar-refractivity contribution < 1.29 is 29.3 Å². The maximum atomic E-state index is 12.8. The van der Waals surface area contributed by atoms with Crippen LogP contribution in [0.1, 0.15) is 36.8 Å². The van der Waals surface area contributed by atoms with Crippen LogP contribution in [0.25, 0.3) is 11.1 Å². The van der Waals surface area contributed by atoms with Crippen LogP contribution in [-0.4, -0.2) is 64.9 Å². The van der Waals surface area contributed by atoms with Crippen molar-refractivity contribution in [2.75, 3.05) is 26.2 Å². The molecule has 1 aliphatic heterocycles. The van der Waals surface area contributed by atoms with Gasteiger partial charge in [0.05, 0.1) is 12.5 Å². The molecule has 2 aliphatic rings. The van der Waals surface area contributed by atoms with Crippen molar-refractivity contribution in [2.24, 2.45) is 5.92 Å². The normalized spacial score (nSPS) is 20.1. The molecule has 1 aliphatic carbocycles. The highest BCUT2D eigenvalue weighted by atomic mass is 16.5. The van der Waals surface area contributed by atoms with E-state index in [-0.39, 0.29) is 44.5 Å². The molecule has 0 spiro atoms. The standard InChI is InChI=1S/C25H28N2O6/c1-2-16(22(28)27-12-11-25(32,15-27)23(29)30)13-26-24(31)33-14-21-19-9-5-3-7-17(19)18-8-4-6-10-20(18)21/h3-10,16,21,32H,2,11-15H2,1H3,(H,26,31)(H,29,30). The lowest BCUT2D eigenvalue weighted by molar-refractivity contribution is -0.157. The molecule has 8 nitrogen and oxygen atoms in total. The second-order valence-corrected chi connectivity index (χ2v) is 8.66. The molecule has 2 aromatic rings. The number of fused-ring (bicyclic) bond motifs is 3. The molecule has 8 heteroatoms. The number of hydrogen-bond donors (Lipinski definition) is 3. The van der Waals surface area contributed by atoms with Crippen LogP contribution in [0.2, 0.25) is 0 Å². The first-order valence-electron chi connectivity index (χ1n) is 11.2. The highest BCUT2D eigenvalue weighted by Gasteiger charge is 2.45. The van der Waals surface area contributed by atoms with Crippen LogP contribution >= 0.6 is 0 Å². The Labute approximate surface area is 192 Å². The molecule has 1 heterocycles. The molecule has 1 saturated heterocycles. The molecule has 0 bridgehead atoms. The summed E-state index contributed by atoms with van der Waals surface area (Å²) in [5.41, 5.74) is 2.62. The fourth-order valence-corrected chi connectivity index (χ4v) is 4.68. The number of carbonyl (C=O) groups is 3. The van der Waals surface area contributed by atoms with E-state index >= 15 is 0 Å². The van der Waals surface area contributed by atoms with Gasteiger partial charge in [-0.25, -0.2) is 9.59 Å². The number of nitrogens with one attached hydrogen (secondary N) is 1. The zero-order chi connectivity index (χ0) is 23.6. The van der Waals surface area contributed by atoms with Crippen molar-refractivity contribution >= 4 is 18.0 Å². The van der Waals surface area contributed by atoms with E-state index in [1.54, 1.807) is 0 Å². The van der Waals surface area contributed by atoms with Crippen molar-refractivity contribution in [1.82, 2.24) is 10.2 Å². The van der Waals surface area contributed by atoms with E-state index in [1.165, 1.54) is 4.90 Å². The minimum absolute atomic E-state index is 0.00961.